The highest BCUT2D eigenvalue weighted by Gasteiger charge is 2.18. The molecule has 0 spiro atoms. The number of nitrogens with one attached hydrogen (secondary N) is 1. The monoisotopic (exact) mass is 436 g/mol. The lowest BCUT2D eigenvalue weighted by atomic mass is 10.2. The third-order valence-corrected chi connectivity index (χ3v) is 4.15. The van der Waals surface area contributed by atoms with Crippen LogP contribution in [-0.4, -0.2) is 30.4 Å². The molecule has 0 fully saturated rings. The number of hydrogen-bond donors (Lipinski definition) is 1. The van der Waals surface area contributed by atoms with Gasteiger partial charge in [0.05, 0.1) is 36.3 Å². The topological polar surface area (TPSA) is 108 Å². The van der Waals surface area contributed by atoms with E-state index in [0.29, 0.717) is 12.2 Å². The van der Waals surface area contributed by atoms with Gasteiger partial charge in [0, 0.05) is 12.6 Å². The predicted octanol–water partition coefficient (Wildman–Crippen LogP) is 2.97. The van der Waals surface area contributed by atoms with Crippen molar-refractivity contribution in [3.05, 3.63) is 68.8 Å². The van der Waals surface area contributed by atoms with E-state index in [0.717, 1.165) is 5.56 Å². The van der Waals surface area contributed by atoms with E-state index in [1.54, 1.807) is 23.0 Å². The Bertz CT molecular complexity index is 986. The Kier molecular flexibility index (Phi) is 5.60. The average molecular weight is 437 g/mol. The number of nitrogens with zero attached hydrogens (tertiary/aromatic N) is 5. The van der Waals surface area contributed by atoms with Crippen molar-refractivity contribution >= 4 is 33.3 Å². The van der Waals surface area contributed by atoms with Gasteiger partial charge in [-0.25, -0.2) is 4.39 Å². The molecule has 2 aromatic heterocycles. The Hall–Kier alpha value is -3.08. The number of benzene rings is 1. The summed E-state index contributed by atoms with van der Waals surface area (Å²) in [5.41, 5.74) is 1.26. The molecule has 1 N–H and O–H groups in total. The molecule has 0 aliphatic heterocycles. The molecule has 1 amide bonds. The number of hydrogen-bond acceptors (Lipinski definition) is 5. The van der Waals surface area contributed by atoms with Crippen molar-refractivity contribution in [1.82, 2.24) is 19.6 Å². The van der Waals surface area contributed by atoms with Crippen LogP contribution >= 0.6 is 15.9 Å². The van der Waals surface area contributed by atoms with E-state index >= 15 is 0 Å². The first kappa shape index (κ1) is 18.7. The lowest BCUT2D eigenvalue weighted by Crippen LogP contribution is -2.14. The Morgan fingerprint density at radius 3 is 2.85 bits per heavy atom. The second-order valence-corrected chi connectivity index (χ2v) is 6.53. The summed E-state index contributed by atoms with van der Waals surface area (Å²) in [6, 6.07) is 6.19. The maximum atomic E-state index is 13.2. The summed E-state index contributed by atoms with van der Waals surface area (Å²) in [4.78, 5) is 22.2. The third-order valence-electron chi connectivity index (χ3n) is 3.59. The number of aryl methyl sites for hydroxylation is 1. The summed E-state index contributed by atoms with van der Waals surface area (Å²) in [5, 5.41) is 21.4. The van der Waals surface area contributed by atoms with Crippen molar-refractivity contribution in [3.8, 4) is 0 Å². The molecule has 1 aromatic carbocycles. The third kappa shape index (κ3) is 4.97. The van der Waals surface area contributed by atoms with Crippen LogP contribution in [0.2, 0.25) is 0 Å². The zero-order chi connectivity index (χ0) is 19.4. The van der Waals surface area contributed by atoms with E-state index in [9.17, 15) is 19.3 Å². The zero-order valence-electron chi connectivity index (χ0n) is 13.9. The van der Waals surface area contributed by atoms with Gasteiger partial charge in [-0.15, -0.1) is 0 Å². The summed E-state index contributed by atoms with van der Waals surface area (Å²) >= 11 is 3.05. The maximum absolute atomic E-state index is 13.2. The second-order valence-electron chi connectivity index (χ2n) is 5.68. The first-order valence-electron chi connectivity index (χ1n) is 7.85. The van der Waals surface area contributed by atoms with Gasteiger partial charge in [0.2, 0.25) is 5.91 Å². The minimum atomic E-state index is -0.604. The minimum absolute atomic E-state index is 0.0837. The number of carbonyl (C=O) groups is 1. The number of halogens is 2. The van der Waals surface area contributed by atoms with Crippen LogP contribution in [0.1, 0.15) is 12.0 Å². The van der Waals surface area contributed by atoms with Gasteiger partial charge < -0.3 is 15.4 Å². The van der Waals surface area contributed by atoms with Crippen LogP contribution in [0.25, 0.3) is 0 Å². The van der Waals surface area contributed by atoms with Gasteiger partial charge in [-0.3, -0.25) is 9.48 Å². The Morgan fingerprint density at radius 1 is 1.33 bits per heavy atom. The molecular formula is C16H14BrFN6O3. The molecule has 0 unspecified atom stereocenters. The van der Waals surface area contributed by atoms with E-state index in [2.05, 4.69) is 31.4 Å². The molecule has 3 aromatic rings. The molecule has 0 aliphatic carbocycles. The van der Waals surface area contributed by atoms with E-state index in [1.807, 2.05) is 0 Å². The van der Waals surface area contributed by atoms with E-state index in [4.69, 9.17) is 0 Å². The molecule has 0 aliphatic rings. The molecule has 9 nitrogen and oxygen atoms in total. The molecule has 2 heterocycles. The van der Waals surface area contributed by atoms with E-state index in [-0.39, 0.29) is 35.0 Å². The van der Waals surface area contributed by atoms with Crippen LogP contribution in [0.4, 0.5) is 15.9 Å². The smallest absolute Gasteiger partial charge is 0.358 e. The zero-order valence-corrected chi connectivity index (χ0v) is 15.5. The largest absolute Gasteiger partial charge is 0.404 e. The fourth-order valence-electron chi connectivity index (χ4n) is 2.40. The van der Waals surface area contributed by atoms with Gasteiger partial charge in [0.15, 0.2) is 0 Å². The van der Waals surface area contributed by atoms with Gasteiger partial charge in [-0.05, 0) is 38.5 Å². The first-order valence-corrected chi connectivity index (χ1v) is 8.64. The summed E-state index contributed by atoms with van der Waals surface area (Å²) in [7, 11) is 0. The van der Waals surface area contributed by atoms with Crippen LogP contribution in [0, 0.1) is 15.9 Å². The number of anilines is 1. The molecular weight excluding hydrogens is 423 g/mol. The molecule has 3 rings (SSSR count). The van der Waals surface area contributed by atoms with Crippen molar-refractivity contribution in [3.63, 3.8) is 0 Å². The fraction of sp³-hybridized carbons (Fsp3) is 0.188. The molecule has 140 valence electrons. The number of aromatic nitrogens is 4. The number of amides is 1. The van der Waals surface area contributed by atoms with E-state index < -0.39 is 4.92 Å². The number of carbonyl (C=O) groups excluding carboxylic acids is 1. The molecule has 0 atom stereocenters. The van der Waals surface area contributed by atoms with Gasteiger partial charge in [0.25, 0.3) is 0 Å². The molecule has 11 heteroatoms. The van der Waals surface area contributed by atoms with Gasteiger partial charge in [-0.1, -0.05) is 12.1 Å². The SMILES string of the molecule is O=C(CCn1cc(Br)c([N+](=O)[O-])n1)Nc1cnn(Cc2cccc(F)c2)c1. The number of rotatable bonds is 7. The van der Waals surface area contributed by atoms with Crippen LogP contribution in [-0.2, 0) is 17.9 Å². The van der Waals surface area contributed by atoms with Gasteiger partial charge in [0.1, 0.15) is 10.3 Å². The van der Waals surface area contributed by atoms with Crippen LogP contribution in [0.3, 0.4) is 0 Å². The lowest BCUT2D eigenvalue weighted by molar-refractivity contribution is -0.390. The highest BCUT2D eigenvalue weighted by Crippen LogP contribution is 2.22. The molecule has 27 heavy (non-hydrogen) atoms. The molecule has 0 saturated heterocycles. The van der Waals surface area contributed by atoms with Crippen molar-refractivity contribution in [2.24, 2.45) is 0 Å². The maximum Gasteiger partial charge on any atom is 0.404 e. The Morgan fingerprint density at radius 2 is 2.15 bits per heavy atom. The highest BCUT2D eigenvalue weighted by atomic mass is 79.9. The highest BCUT2D eigenvalue weighted by molar-refractivity contribution is 9.10. The number of nitro groups is 1. The summed E-state index contributed by atoms with van der Waals surface area (Å²) in [5.74, 6) is -0.901. The van der Waals surface area contributed by atoms with E-state index in [1.165, 1.54) is 29.2 Å². The van der Waals surface area contributed by atoms with Crippen molar-refractivity contribution in [2.75, 3.05) is 5.32 Å². The molecule has 0 bridgehead atoms. The summed E-state index contributed by atoms with van der Waals surface area (Å²) in [6.45, 7) is 0.564. The second kappa shape index (κ2) is 8.08. The van der Waals surface area contributed by atoms with Crippen LogP contribution in [0.5, 0.6) is 0 Å². The summed E-state index contributed by atoms with van der Waals surface area (Å²) < 4.78 is 16.4. The van der Waals surface area contributed by atoms with Crippen molar-refractivity contribution < 1.29 is 14.1 Å². The fourth-order valence-corrected chi connectivity index (χ4v) is 2.86. The van der Waals surface area contributed by atoms with Crippen molar-refractivity contribution in [1.29, 1.82) is 0 Å². The van der Waals surface area contributed by atoms with Gasteiger partial charge in [-0.2, -0.15) is 9.78 Å². The minimum Gasteiger partial charge on any atom is -0.358 e. The predicted molar refractivity (Wildman–Crippen MR) is 97.6 cm³/mol. The summed E-state index contributed by atoms with van der Waals surface area (Å²) in [6.07, 6.45) is 4.66. The van der Waals surface area contributed by atoms with Crippen LogP contribution < -0.4 is 5.32 Å². The average Bonchev–Trinajstić information content (AvgIpc) is 3.19. The van der Waals surface area contributed by atoms with Crippen molar-refractivity contribution in [2.45, 2.75) is 19.5 Å². The normalized spacial score (nSPS) is 10.7. The molecule has 0 saturated carbocycles. The lowest BCUT2D eigenvalue weighted by Gasteiger charge is -2.02. The molecule has 0 radical (unpaired) electrons. The Balaban J connectivity index is 1.53. The standard InChI is InChI=1S/C16H14BrFN6O3/c17-14-10-22(21-16(14)24(26)27)5-4-15(25)20-13-7-19-23(9-13)8-11-2-1-3-12(18)6-11/h1-3,6-7,9-10H,4-5,8H2,(H,20,25). The quantitative estimate of drug-likeness (QED) is 0.452. The van der Waals surface area contributed by atoms with Crippen LogP contribution in [0.15, 0.2) is 47.3 Å². The Labute approximate surface area is 161 Å². The van der Waals surface area contributed by atoms with Gasteiger partial charge >= 0.3 is 5.82 Å². The first-order chi connectivity index (χ1) is 12.9.